The van der Waals surface area contributed by atoms with Gasteiger partial charge in [0.25, 0.3) is 0 Å². The zero-order valence-electron chi connectivity index (χ0n) is 15.6. The molecule has 0 amide bonds. The van der Waals surface area contributed by atoms with Gasteiger partial charge in [0.2, 0.25) is 0 Å². The predicted octanol–water partition coefficient (Wildman–Crippen LogP) is 4.64. The standard InChI is InChI=1S/C13H21N3.C6H14/c1-13(2)6-5-11-10(7-13)8-14-12(15-11)9-16(3)4;1-3-5-6-4-2/h8H,5-7,9H2,1-4H3;3-6H2,1-2H3. The van der Waals surface area contributed by atoms with Crippen LogP contribution in [0.4, 0.5) is 0 Å². The molecule has 0 aromatic carbocycles. The number of nitrogens with zero attached hydrogens (tertiary/aromatic N) is 3. The van der Waals surface area contributed by atoms with Gasteiger partial charge in [0.15, 0.2) is 0 Å². The van der Waals surface area contributed by atoms with Crippen LogP contribution in [0, 0.1) is 5.41 Å². The van der Waals surface area contributed by atoms with Crippen molar-refractivity contribution in [3.05, 3.63) is 23.3 Å². The molecule has 22 heavy (non-hydrogen) atoms. The number of aromatic nitrogens is 2. The molecule has 0 spiro atoms. The van der Waals surface area contributed by atoms with Crippen LogP contribution in [0.2, 0.25) is 0 Å². The minimum Gasteiger partial charge on any atom is -0.302 e. The molecule has 1 heterocycles. The van der Waals surface area contributed by atoms with E-state index >= 15 is 0 Å². The second-order valence-electron chi connectivity index (χ2n) is 7.54. The molecule has 0 N–H and O–H groups in total. The fourth-order valence-electron chi connectivity index (χ4n) is 2.77. The molecule has 0 saturated heterocycles. The van der Waals surface area contributed by atoms with Crippen LogP contribution in [0.5, 0.6) is 0 Å². The molecule has 0 unspecified atom stereocenters. The summed E-state index contributed by atoms with van der Waals surface area (Å²) in [7, 11) is 4.10. The van der Waals surface area contributed by atoms with Crippen molar-refractivity contribution in [3.63, 3.8) is 0 Å². The molecule has 1 aliphatic carbocycles. The highest BCUT2D eigenvalue weighted by atomic mass is 15.1. The van der Waals surface area contributed by atoms with E-state index in [1.54, 1.807) is 0 Å². The predicted molar refractivity (Wildman–Crippen MR) is 95.0 cm³/mol. The van der Waals surface area contributed by atoms with Gasteiger partial charge in [-0.1, -0.05) is 53.4 Å². The van der Waals surface area contributed by atoms with Crippen molar-refractivity contribution in [2.24, 2.45) is 5.41 Å². The molecule has 0 fully saturated rings. The Balaban J connectivity index is 0.000000346. The number of hydrogen-bond donors (Lipinski definition) is 0. The van der Waals surface area contributed by atoms with Gasteiger partial charge in [-0.25, -0.2) is 9.97 Å². The first-order valence-corrected chi connectivity index (χ1v) is 8.86. The van der Waals surface area contributed by atoms with Crippen molar-refractivity contribution in [1.29, 1.82) is 0 Å². The molecule has 0 saturated carbocycles. The summed E-state index contributed by atoms with van der Waals surface area (Å²) in [4.78, 5) is 11.2. The van der Waals surface area contributed by atoms with E-state index in [0.717, 1.165) is 25.2 Å². The largest absolute Gasteiger partial charge is 0.302 e. The fourth-order valence-corrected chi connectivity index (χ4v) is 2.77. The van der Waals surface area contributed by atoms with Gasteiger partial charge < -0.3 is 4.90 Å². The molecule has 1 aromatic heterocycles. The zero-order chi connectivity index (χ0) is 16.6. The van der Waals surface area contributed by atoms with Crippen molar-refractivity contribution in [2.45, 2.75) is 79.2 Å². The number of hydrogen-bond acceptors (Lipinski definition) is 3. The van der Waals surface area contributed by atoms with Crippen molar-refractivity contribution >= 4 is 0 Å². The average Bonchev–Trinajstić information content (AvgIpc) is 2.45. The average molecular weight is 306 g/mol. The summed E-state index contributed by atoms with van der Waals surface area (Å²) in [5.41, 5.74) is 3.03. The highest BCUT2D eigenvalue weighted by molar-refractivity contribution is 5.22. The van der Waals surface area contributed by atoms with E-state index in [1.807, 2.05) is 20.3 Å². The van der Waals surface area contributed by atoms with Gasteiger partial charge >= 0.3 is 0 Å². The van der Waals surface area contributed by atoms with Gasteiger partial charge in [-0.2, -0.15) is 0 Å². The van der Waals surface area contributed by atoms with Gasteiger partial charge in [-0.3, -0.25) is 0 Å². The van der Waals surface area contributed by atoms with Crippen molar-refractivity contribution in [2.75, 3.05) is 14.1 Å². The molecule has 126 valence electrons. The molecule has 1 aliphatic rings. The summed E-state index contributed by atoms with van der Waals surface area (Å²) in [6, 6.07) is 0. The summed E-state index contributed by atoms with van der Waals surface area (Å²) in [6.45, 7) is 9.94. The molecule has 0 radical (unpaired) electrons. The Morgan fingerprint density at radius 3 is 2.32 bits per heavy atom. The third kappa shape index (κ3) is 6.87. The molecule has 0 atom stereocenters. The van der Waals surface area contributed by atoms with Crippen LogP contribution in [0.15, 0.2) is 6.20 Å². The van der Waals surface area contributed by atoms with Crippen molar-refractivity contribution < 1.29 is 0 Å². The highest BCUT2D eigenvalue weighted by Gasteiger charge is 2.26. The topological polar surface area (TPSA) is 29.0 Å². The van der Waals surface area contributed by atoms with E-state index < -0.39 is 0 Å². The second kappa shape index (κ2) is 9.24. The van der Waals surface area contributed by atoms with Crippen LogP contribution < -0.4 is 0 Å². The summed E-state index contributed by atoms with van der Waals surface area (Å²) >= 11 is 0. The SMILES string of the molecule is CCCCCC.CN(C)Cc1ncc2c(n1)CCC(C)(C)C2. The van der Waals surface area contributed by atoms with Crippen LogP contribution in [0.1, 0.15) is 76.9 Å². The molecule has 3 heteroatoms. The maximum atomic E-state index is 4.67. The van der Waals surface area contributed by atoms with E-state index in [9.17, 15) is 0 Å². The second-order valence-corrected chi connectivity index (χ2v) is 7.54. The van der Waals surface area contributed by atoms with Crippen LogP contribution in [0.3, 0.4) is 0 Å². The minimum absolute atomic E-state index is 0.416. The van der Waals surface area contributed by atoms with Crippen LogP contribution in [0.25, 0.3) is 0 Å². The van der Waals surface area contributed by atoms with Gasteiger partial charge in [-0.15, -0.1) is 0 Å². The van der Waals surface area contributed by atoms with Crippen LogP contribution >= 0.6 is 0 Å². The lowest BCUT2D eigenvalue weighted by atomic mass is 9.76. The highest BCUT2D eigenvalue weighted by Crippen LogP contribution is 2.33. The Bertz CT molecular complexity index is 434. The van der Waals surface area contributed by atoms with Gasteiger partial charge in [0, 0.05) is 11.9 Å². The third-order valence-electron chi connectivity index (χ3n) is 4.13. The molecule has 0 bridgehead atoms. The Hall–Kier alpha value is -0.960. The van der Waals surface area contributed by atoms with E-state index in [1.165, 1.54) is 43.4 Å². The number of unbranched alkanes of at least 4 members (excludes halogenated alkanes) is 3. The van der Waals surface area contributed by atoms with E-state index in [2.05, 4.69) is 42.6 Å². The number of fused-ring (bicyclic) bond motifs is 1. The maximum Gasteiger partial charge on any atom is 0.142 e. The normalized spacial score (nSPS) is 16.0. The van der Waals surface area contributed by atoms with Crippen molar-refractivity contribution in [3.8, 4) is 0 Å². The third-order valence-corrected chi connectivity index (χ3v) is 4.13. The molecule has 0 aliphatic heterocycles. The van der Waals surface area contributed by atoms with Crippen LogP contribution in [-0.2, 0) is 19.4 Å². The van der Waals surface area contributed by atoms with E-state index in [-0.39, 0.29) is 0 Å². The van der Waals surface area contributed by atoms with Gasteiger partial charge in [-0.05, 0) is 44.3 Å². The molecular formula is C19H35N3. The first kappa shape index (κ1) is 19.1. The minimum atomic E-state index is 0.416. The zero-order valence-corrected chi connectivity index (χ0v) is 15.6. The number of rotatable bonds is 5. The first-order valence-electron chi connectivity index (χ1n) is 8.86. The Morgan fingerprint density at radius 1 is 1.14 bits per heavy atom. The Morgan fingerprint density at radius 2 is 1.77 bits per heavy atom. The quantitative estimate of drug-likeness (QED) is 0.742. The number of aryl methyl sites for hydroxylation is 1. The Kier molecular flexibility index (Phi) is 8.02. The fraction of sp³-hybridized carbons (Fsp3) is 0.789. The van der Waals surface area contributed by atoms with Gasteiger partial charge in [0.05, 0.1) is 6.54 Å². The summed E-state index contributed by atoms with van der Waals surface area (Å²) in [5, 5.41) is 0. The lowest BCUT2D eigenvalue weighted by Gasteiger charge is -2.30. The molecule has 2 rings (SSSR count). The Labute approximate surface area is 137 Å². The molecule has 3 nitrogen and oxygen atoms in total. The lowest BCUT2D eigenvalue weighted by molar-refractivity contribution is 0.309. The summed E-state index contributed by atoms with van der Waals surface area (Å²) in [5.74, 6) is 0.948. The van der Waals surface area contributed by atoms with E-state index in [4.69, 9.17) is 0 Å². The summed E-state index contributed by atoms with van der Waals surface area (Å²) in [6.07, 6.45) is 11.0. The molecular weight excluding hydrogens is 270 g/mol. The van der Waals surface area contributed by atoms with Crippen molar-refractivity contribution in [1.82, 2.24) is 14.9 Å². The molecule has 1 aromatic rings. The van der Waals surface area contributed by atoms with Crippen LogP contribution in [-0.4, -0.2) is 29.0 Å². The summed E-state index contributed by atoms with van der Waals surface area (Å²) < 4.78 is 0. The monoisotopic (exact) mass is 305 g/mol. The van der Waals surface area contributed by atoms with E-state index in [0.29, 0.717) is 5.41 Å². The smallest absolute Gasteiger partial charge is 0.142 e. The lowest BCUT2D eigenvalue weighted by Crippen LogP contribution is -2.24. The first-order chi connectivity index (χ1) is 10.4. The maximum absolute atomic E-state index is 4.67. The van der Waals surface area contributed by atoms with Gasteiger partial charge in [0.1, 0.15) is 5.82 Å².